The highest BCUT2D eigenvalue weighted by Gasteiger charge is 2.09. The molecule has 7 heteroatoms. The Morgan fingerprint density at radius 1 is 1.16 bits per heavy atom. The second kappa shape index (κ2) is 7.57. The maximum atomic E-state index is 12.1. The summed E-state index contributed by atoms with van der Waals surface area (Å²) in [6, 6.07) is 15.0. The fraction of sp³-hybridized carbons (Fsp3) is 0.222. The number of para-hydroxylation sites is 1. The summed E-state index contributed by atoms with van der Waals surface area (Å²) in [4.78, 5) is 12.1. The molecule has 0 aliphatic rings. The molecular formula is C18H19N5O2. The van der Waals surface area contributed by atoms with Gasteiger partial charge in [-0.05, 0) is 52.2 Å². The van der Waals surface area contributed by atoms with Gasteiger partial charge in [0.25, 0.3) is 5.91 Å². The van der Waals surface area contributed by atoms with Crippen molar-refractivity contribution < 1.29 is 9.53 Å². The minimum atomic E-state index is -0.197. The molecule has 3 aromatic rings. The van der Waals surface area contributed by atoms with Crippen LogP contribution in [-0.2, 0) is 4.79 Å². The molecule has 1 heterocycles. The van der Waals surface area contributed by atoms with Crippen molar-refractivity contribution in [3.63, 3.8) is 0 Å². The minimum absolute atomic E-state index is 0.0589. The molecule has 0 atom stereocenters. The van der Waals surface area contributed by atoms with E-state index in [1.165, 1.54) is 6.33 Å². The SMILES string of the molecule is CC(C)c1ccccc1NC(=O)COc1ccc(-n2cnnn2)cc1. The van der Waals surface area contributed by atoms with Gasteiger partial charge < -0.3 is 10.1 Å². The first-order chi connectivity index (χ1) is 12.1. The van der Waals surface area contributed by atoms with Crippen LogP contribution in [0.25, 0.3) is 5.69 Å². The van der Waals surface area contributed by atoms with Crippen LogP contribution in [-0.4, -0.2) is 32.7 Å². The lowest BCUT2D eigenvalue weighted by Gasteiger charge is -2.14. The number of rotatable bonds is 6. The van der Waals surface area contributed by atoms with Crippen molar-refractivity contribution in [2.75, 3.05) is 11.9 Å². The number of tetrazole rings is 1. The molecule has 0 bridgehead atoms. The third-order valence-electron chi connectivity index (χ3n) is 3.68. The van der Waals surface area contributed by atoms with Crippen LogP contribution in [0.3, 0.4) is 0 Å². The Labute approximate surface area is 145 Å². The number of aromatic nitrogens is 4. The normalized spacial score (nSPS) is 10.7. The number of nitrogens with one attached hydrogen (secondary N) is 1. The molecule has 0 saturated carbocycles. The van der Waals surface area contributed by atoms with Gasteiger partial charge in [0, 0.05) is 5.69 Å². The van der Waals surface area contributed by atoms with Crippen molar-refractivity contribution in [3.05, 3.63) is 60.4 Å². The second-order valence-corrected chi connectivity index (χ2v) is 5.83. The molecule has 0 aliphatic carbocycles. The van der Waals surface area contributed by atoms with Gasteiger partial charge in [-0.3, -0.25) is 4.79 Å². The second-order valence-electron chi connectivity index (χ2n) is 5.83. The summed E-state index contributed by atoms with van der Waals surface area (Å²) < 4.78 is 7.08. The minimum Gasteiger partial charge on any atom is -0.484 e. The lowest BCUT2D eigenvalue weighted by Crippen LogP contribution is -2.21. The van der Waals surface area contributed by atoms with Crippen LogP contribution < -0.4 is 10.1 Å². The molecule has 1 N–H and O–H groups in total. The van der Waals surface area contributed by atoms with E-state index >= 15 is 0 Å². The van der Waals surface area contributed by atoms with Crippen LogP contribution in [0.1, 0.15) is 25.3 Å². The lowest BCUT2D eigenvalue weighted by molar-refractivity contribution is -0.118. The summed E-state index contributed by atoms with van der Waals surface area (Å²) in [5, 5.41) is 13.9. The molecule has 7 nitrogen and oxygen atoms in total. The number of carbonyl (C=O) groups excluding carboxylic acids is 1. The number of hydrogen-bond donors (Lipinski definition) is 1. The van der Waals surface area contributed by atoms with Gasteiger partial charge in [-0.2, -0.15) is 0 Å². The summed E-state index contributed by atoms with van der Waals surface area (Å²) in [5.74, 6) is 0.734. The van der Waals surface area contributed by atoms with Crippen LogP contribution in [0, 0.1) is 0 Å². The topological polar surface area (TPSA) is 81.9 Å². The summed E-state index contributed by atoms with van der Waals surface area (Å²) in [7, 11) is 0. The van der Waals surface area contributed by atoms with Crippen LogP contribution in [0.5, 0.6) is 5.75 Å². The molecule has 0 radical (unpaired) electrons. The van der Waals surface area contributed by atoms with E-state index in [0.717, 1.165) is 16.9 Å². The van der Waals surface area contributed by atoms with Gasteiger partial charge in [0.2, 0.25) is 0 Å². The third kappa shape index (κ3) is 4.20. The molecule has 128 valence electrons. The van der Waals surface area contributed by atoms with E-state index in [-0.39, 0.29) is 12.5 Å². The fourth-order valence-corrected chi connectivity index (χ4v) is 2.42. The van der Waals surface area contributed by atoms with Crippen LogP contribution in [0.4, 0.5) is 5.69 Å². The highest BCUT2D eigenvalue weighted by atomic mass is 16.5. The molecule has 0 saturated heterocycles. The zero-order valence-electron chi connectivity index (χ0n) is 14.1. The standard InChI is InChI=1S/C18H19N5O2/c1-13(2)16-5-3-4-6-17(16)20-18(24)11-25-15-9-7-14(8-10-15)23-12-19-21-22-23/h3-10,12-13H,11H2,1-2H3,(H,20,24). The molecule has 0 aliphatic heterocycles. The zero-order valence-corrected chi connectivity index (χ0v) is 14.1. The Morgan fingerprint density at radius 2 is 1.92 bits per heavy atom. The number of benzene rings is 2. The summed E-state index contributed by atoms with van der Waals surface area (Å²) in [5.41, 5.74) is 2.73. The smallest absolute Gasteiger partial charge is 0.262 e. The Morgan fingerprint density at radius 3 is 2.60 bits per heavy atom. The molecule has 2 aromatic carbocycles. The van der Waals surface area contributed by atoms with Gasteiger partial charge in [-0.1, -0.05) is 32.0 Å². The van der Waals surface area contributed by atoms with E-state index < -0.39 is 0 Å². The largest absolute Gasteiger partial charge is 0.484 e. The van der Waals surface area contributed by atoms with Crippen molar-refractivity contribution in [1.82, 2.24) is 20.2 Å². The number of ether oxygens (including phenoxy) is 1. The molecule has 0 spiro atoms. The van der Waals surface area contributed by atoms with Gasteiger partial charge in [-0.25, -0.2) is 4.68 Å². The number of amides is 1. The van der Waals surface area contributed by atoms with Crippen molar-refractivity contribution in [1.29, 1.82) is 0 Å². The van der Waals surface area contributed by atoms with Gasteiger partial charge in [0.15, 0.2) is 6.61 Å². The average Bonchev–Trinajstić information content (AvgIpc) is 3.15. The van der Waals surface area contributed by atoms with E-state index in [9.17, 15) is 4.79 Å². The van der Waals surface area contributed by atoms with Crippen LogP contribution in [0.2, 0.25) is 0 Å². The maximum Gasteiger partial charge on any atom is 0.262 e. The first-order valence-electron chi connectivity index (χ1n) is 7.98. The predicted molar refractivity (Wildman–Crippen MR) is 93.8 cm³/mol. The predicted octanol–water partition coefficient (Wildman–Crippen LogP) is 2.80. The van der Waals surface area contributed by atoms with Gasteiger partial charge in [0.05, 0.1) is 5.69 Å². The third-order valence-corrected chi connectivity index (χ3v) is 3.68. The van der Waals surface area contributed by atoms with E-state index in [2.05, 4.69) is 34.7 Å². The summed E-state index contributed by atoms with van der Waals surface area (Å²) in [6.45, 7) is 4.12. The first-order valence-corrected chi connectivity index (χ1v) is 7.98. The Hall–Kier alpha value is -3.22. The summed E-state index contributed by atoms with van der Waals surface area (Å²) >= 11 is 0. The number of nitrogens with zero attached hydrogens (tertiary/aromatic N) is 4. The Bertz CT molecular complexity index is 829. The van der Waals surface area contributed by atoms with Gasteiger partial charge >= 0.3 is 0 Å². The van der Waals surface area contributed by atoms with Gasteiger partial charge in [0.1, 0.15) is 12.1 Å². The van der Waals surface area contributed by atoms with Crippen molar-refractivity contribution in [2.45, 2.75) is 19.8 Å². The Kier molecular flexibility index (Phi) is 5.03. The average molecular weight is 337 g/mol. The lowest BCUT2D eigenvalue weighted by atomic mass is 10.0. The summed E-state index contributed by atoms with van der Waals surface area (Å²) in [6.07, 6.45) is 1.51. The van der Waals surface area contributed by atoms with Crippen molar-refractivity contribution in [2.24, 2.45) is 0 Å². The molecular weight excluding hydrogens is 318 g/mol. The number of hydrogen-bond acceptors (Lipinski definition) is 5. The van der Waals surface area contributed by atoms with E-state index in [4.69, 9.17) is 4.74 Å². The first kappa shape index (κ1) is 16.6. The molecule has 0 fully saturated rings. The Balaban J connectivity index is 1.58. The zero-order chi connectivity index (χ0) is 17.6. The maximum absolute atomic E-state index is 12.1. The van der Waals surface area contributed by atoms with E-state index in [1.54, 1.807) is 16.8 Å². The monoisotopic (exact) mass is 337 g/mol. The number of anilines is 1. The highest BCUT2D eigenvalue weighted by Crippen LogP contribution is 2.23. The number of carbonyl (C=O) groups is 1. The molecule has 1 amide bonds. The van der Waals surface area contributed by atoms with Gasteiger partial charge in [-0.15, -0.1) is 5.10 Å². The van der Waals surface area contributed by atoms with E-state index in [1.807, 2.05) is 36.4 Å². The molecule has 0 unspecified atom stereocenters. The molecule has 25 heavy (non-hydrogen) atoms. The highest BCUT2D eigenvalue weighted by molar-refractivity contribution is 5.92. The van der Waals surface area contributed by atoms with Crippen LogP contribution >= 0.6 is 0 Å². The van der Waals surface area contributed by atoms with Crippen molar-refractivity contribution in [3.8, 4) is 11.4 Å². The van der Waals surface area contributed by atoms with E-state index in [0.29, 0.717) is 11.7 Å². The quantitative estimate of drug-likeness (QED) is 0.748. The van der Waals surface area contributed by atoms with Crippen molar-refractivity contribution >= 4 is 11.6 Å². The molecule has 1 aromatic heterocycles. The molecule has 3 rings (SSSR count). The van der Waals surface area contributed by atoms with Crippen LogP contribution in [0.15, 0.2) is 54.9 Å². The fourth-order valence-electron chi connectivity index (χ4n) is 2.42.